The molecule has 3 aromatic rings. The number of likely N-dealkylation sites (N-methyl/N-ethyl adjacent to an activating group) is 1. The fourth-order valence-electron chi connectivity index (χ4n) is 6.26. The molecule has 2 aromatic heterocycles. The summed E-state index contributed by atoms with van der Waals surface area (Å²) in [7, 11) is 3.84. The Kier molecular flexibility index (Phi) is 6.89. The van der Waals surface area contributed by atoms with Crippen molar-refractivity contribution in [3.8, 4) is 17.1 Å². The molecule has 3 N–H and O–H groups in total. The highest BCUT2D eigenvalue weighted by Crippen LogP contribution is 2.46. The number of carbonyl (C=O) groups is 1. The Morgan fingerprint density at radius 1 is 1.18 bits per heavy atom. The summed E-state index contributed by atoms with van der Waals surface area (Å²) < 4.78 is 5.80. The third kappa shape index (κ3) is 4.82. The smallest absolute Gasteiger partial charge is 0.225 e. The number of ether oxygens (including phenoxy) is 1. The number of nitrogens with zero attached hydrogens (tertiary/aromatic N) is 4. The van der Waals surface area contributed by atoms with Gasteiger partial charge in [-0.15, -0.1) is 0 Å². The van der Waals surface area contributed by atoms with Crippen LogP contribution in [-0.4, -0.2) is 78.2 Å². The maximum Gasteiger partial charge on any atom is 0.225 e. The lowest BCUT2D eigenvalue weighted by atomic mass is 9.87. The molecule has 1 aromatic carbocycles. The lowest BCUT2D eigenvalue weighted by molar-refractivity contribution is -0.126. The van der Waals surface area contributed by atoms with Gasteiger partial charge in [0.25, 0.3) is 0 Å². The number of amides is 1. The fraction of sp³-hybridized carbons (Fsp3) is 0.483. The topological polar surface area (TPSA) is 98.4 Å². The highest BCUT2D eigenvalue weighted by molar-refractivity contribution is 6.34. The first-order valence-corrected chi connectivity index (χ1v) is 14.1. The molecular weight excluding hydrogens is 514 g/mol. The minimum absolute atomic E-state index is 0.0639. The molecule has 206 valence electrons. The first-order chi connectivity index (χ1) is 18.8. The minimum Gasteiger partial charge on any atom is -0.496 e. The maximum atomic E-state index is 13.1. The molecule has 0 spiro atoms. The van der Waals surface area contributed by atoms with Crippen LogP contribution in [0.4, 0.5) is 11.4 Å². The molecule has 6 rings (SSSR count). The van der Waals surface area contributed by atoms with Gasteiger partial charge in [-0.05, 0) is 51.3 Å². The number of aromatic amines is 1. The molecule has 1 amide bonds. The van der Waals surface area contributed by atoms with Crippen LogP contribution in [0.25, 0.3) is 22.6 Å². The molecule has 39 heavy (non-hydrogen) atoms. The summed E-state index contributed by atoms with van der Waals surface area (Å²) in [6, 6.07) is 6.27. The van der Waals surface area contributed by atoms with Gasteiger partial charge in [0.05, 0.1) is 35.5 Å². The molecule has 2 fully saturated rings. The summed E-state index contributed by atoms with van der Waals surface area (Å²) in [4.78, 5) is 30.6. The number of halogens is 1. The van der Waals surface area contributed by atoms with E-state index in [0.29, 0.717) is 16.5 Å². The van der Waals surface area contributed by atoms with E-state index >= 15 is 0 Å². The molecule has 9 nitrogen and oxygen atoms in total. The van der Waals surface area contributed by atoms with Gasteiger partial charge >= 0.3 is 0 Å². The zero-order valence-corrected chi connectivity index (χ0v) is 23.6. The van der Waals surface area contributed by atoms with Crippen molar-refractivity contribution in [3.63, 3.8) is 0 Å². The van der Waals surface area contributed by atoms with Crippen LogP contribution >= 0.6 is 11.6 Å². The van der Waals surface area contributed by atoms with E-state index in [9.17, 15) is 4.79 Å². The highest BCUT2D eigenvalue weighted by atomic mass is 35.5. The number of pyridine rings is 1. The number of rotatable bonds is 7. The molecule has 3 aliphatic rings. The third-order valence-corrected chi connectivity index (χ3v) is 8.57. The van der Waals surface area contributed by atoms with E-state index in [1.807, 2.05) is 19.9 Å². The Hall–Kier alpha value is -3.30. The molecule has 2 aliphatic carbocycles. The quantitative estimate of drug-likeness (QED) is 0.381. The molecule has 1 saturated carbocycles. The molecule has 1 aliphatic heterocycles. The number of allylic oxidation sites excluding steroid dienone is 1. The summed E-state index contributed by atoms with van der Waals surface area (Å²) in [5.74, 6) is 1.81. The number of hydrogen-bond acceptors (Lipinski definition) is 7. The predicted molar refractivity (Wildman–Crippen MR) is 156 cm³/mol. The maximum absolute atomic E-state index is 13.1. The van der Waals surface area contributed by atoms with Crippen molar-refractivity contribution >= 4 is 40.0 Å². The summed E-state index contributed by atoms with van der Waals surface area (Å²) in [5, 5.41) is 7.24. The van der Waals surface area contributed by atoms with Gasteiger partial charge in [-0.25, -0.2) is 9.97 Å². The van der Waals surface area contributed by atoms with Crippen LogP contribution in [0.15, 0.2) is 36.5 Å². The number of hydrogen-bond donors (Lipinski definition) is 3. The molecule has 0 radical (unpaired) electrons. The Morgan fingerprint density at radius 2 is 1.95 bits per heavy atom. The molecular formula is C29H36ClN7O2. The van der Waals surface area contributed by atoms with Gasteiger partial charge in [0.1, 0.15) is 17.1 Å². The Bertz CT molecular complexity index is 1410. The first kappa shape index (κ1) is 26.0. The number of methoxy groups -OCH3 is 1. The fourth-order valence-corrected chi connectivity index (χ4v) is 6.46. The van der Waals surface area contributed by atoms with Gasteiger partial charge in [0.15, 0.2) is 5.65 Å². The van der Waals surface area contributed by atoms with E-state index < -0.39 is 0 Å². The van der Waals surface area contributed by atoms with E-state index in [2.05, 4.69) is 61.7 Å². The summed E-state index contributed by atoms with van der Waals surface area (Å²) >= 11 is 6.70. The zero-order valence-electron chi connectivity index (χ0n) is 22.9. The molecule has 10 heteroatoms. The van der Waals surface area contributed by atoms with Crippen molar-refractivity contribution in [3.05, 3.63) is 41.6 Å². The van der Waals surface area contributed by atoms with E-state index in [4.69, 9.17) is 21.3 Å². The van der Waals surface area contributed by atoms with Crippen molar-refractivity contribution in [2.75, 3.05) is 50.6 Å². The Morgan fingerprint density at radius 3 is 2.69 bits per heavy atom. The minimum atomic E-state index is -0.161. The standard InChI is InChI=1S/C29H36ClN7O2/c1-16(2)32-29(38)23-17-5-6-18(13-17)24(23)33-25-21(30)15-31-28-26(25)34-27(35-28)20-8-7-19(14-22(20)39-4)37-11-9-36(3)10-12-37/h5-8,14-18,23-24H,9-13H2,1-4H3,(H,32,38)(H2,31,33,34,35)/t17-,18+,23+,24-/m1/s1. The van der Waals surface area contributed by atoms with Crippen LogP contribution in [0.5, 0.6) is 5.75 Å². The highest BCUT2D eigenvalue weighted by Gasteiger charge is 2.48. The van der Waals surface area contributed by atoms with E-state index in [-0.39, 0.29) is 35.7 Å². The molecule has 2 bridgehead atoms. The second-order valence-electron chi connectivity index (χ2n) is 11.2. The van der Waals surface area contributed by atoms with Crippen LogP contribution < -0.4 is 20.3 Å². The largest absolute Gasteiger partial charge is 0.496 e. The number of piperazine rings is 1. The number of aromatic nitrogens is 3. The summed E-state index contributed by atoms with van der Waals surface area (Å²) in [5.41, 5.74) is 3.99. The van der Waals surface area contributed by atoms with E-state index in [0.717, 1.165) is 60.8 Å². The second-order valence-corrected chi connectivity index (χ2v) is 11.7. The number of anilines is 2. The summed E-state index contributed by atoms with van der Waals surface area (Å²) in [6.07, 6.45) is 6.99. The number of H-pyrrole nitrogens is 1. The van der Waals surface area contributed by atoms with Crippen molar-refractivity contribution in [2.24, 2.45) is 17.8 Å². The van der Waals surface area contributed by atoms with Crippen LogP contribution in [-0.2, 0) is 4.79 Å². The molecule has 0 unspecified atom stereocenters. The first-order valence-electron chi connectivity index (χ1n) is 13.7. The second kappa shape index (κ2) is 10.4. The summed E-state index contributed by atoms with van der Waals surface area (Å²) in [6.45, 7) is 8.02. The van der Waals surface area contributed by atoms with Gasteiger partial charge in [-0.1, -0.05) is 23.8 Å². The lowest BCUT2D eigenvalue weighted by Crippen LogP contribution is -2.45. The Labute approximate surface area is 234 Å². The van der Waals surface area contributed by atoms with Crippen molar-refractivity contribution in [1.82, 2.24) is 25.2 Å². The number of carbonyl (C=O) groups excluding carboxylic acids is 1. The van der Waals surface area contributed by atoms with Gasteiger partial charge in [0, 0.05) is 50.0 Å². The van der Waals surface area contributed by atoms with Gasteiger partial charge in [0.2, 0.25) is 5.91 Å². The lowest BCUT2D eigenvalue weighted by Gasteiger charge is -2.34. The third-order valence-electron chi connectivity index (χ3n) is 8.29. The normalized spacial score (nSPS) is 24.6. The van der Waals surface area contributed by atoms with Crippen molar-refractivity contribution < 1.29 is 9.53 Å². The number of nitrogens with one attached hydrogen (secondary N) is 3. The van der Waals surface area contributed by atoms with Gasteiger partial charge in [-0.2, -0.15) is 0 Å². The van der Waals surface area contributed by atoms with Crippen LogP contribution in [0.1, 0.15) is 20.3 Å². The number of benzene rings is 1. The van der Waals surface area contributed by atoms with Gasteiger partial charge < -0.3 is 30.2 Å². The average Bonchev–Trinajstić information content (AvgIpc) is 3.65. The molecule has 1 saturated heterocycles. The van der Waals surface area contributed by atoms with Gasteiger partial charge in [-0.3, -0.25) is 4.79 Å². The Balaban J connectivity index is 1.32. The van der Waals surface area contributed by atoms with E-state index in [1.165, 1.54) is 0 Å². The van der Waals surface area contributed by atoms with Crippen molar-refractivity contribution in [1.29, 1.82) is 0 Å². The van der Waals surface area contributed by atoms with E-state index in [1.54, 1.807) is 13.3 Å². The molecule has 3 heterocycles. The monoisotopic (exact) mass is 549 g/mol. The average molecular weight is 550 g/mol. The SMILES string of the molecule is COc1cc(N2CCN(C)CC2)ccc1-c1nc2ncc(Cl)c(N[C@H]3[C@@H](C(=O)NC(C)C)[C@@H]4C=C[C@H]3C4)c2[nH]1. The number of imidazole rings is 1. The predicted octanol–water partition coefficient (Wildman–Crippen LogP) is 4.17. The van der Waals surface area contributed by atoms with Crippen LogP contribution in [0.2, 0.25) is 5.02 Å². The molecule has 4 atom stereocenters. The zero-order chi connectivity index (χ0) is 27.3. The number of fused-ring (bicyclic) bond motifs is 3. The van der Waals surface area contributed by atoms with Crippen molar-refractivity contribution in [2.45, 2.75) is 32.4 Å². The van der Waals surface area contributed by atoms with Crippen LogP contribution in [0, 0.1) is 17.8 Å². The van der Waals surface area contributed by atoms with Crippen LogP contribution in [0.3, 0.4) is 0 Å².